The van der Waals surface area contributed by atoms with Crippen molar-refractivity contribution in [2.24, 2.45) is 0 Å². The second-order valence-corrected chi connectivity index (χ2v) is 5.61. The van der Waals surface area contributed by atoms with Crippen LogP contribution in [0.4, 0.5) is 5.69 Å². The van der Waals surface area contributed by atoms with Crippen LogP contribution in [-0.4, -0.2) is 17.4 Å². The number of fused-ring (bicyclic) bond motifs is 1. The van der Waals surface area contributed by atoms with E-state index < -0.39 is 0 Å². The fourth-order valence-corrected chi connectivity index (χ4v) is 2.81. The zero-order chi connectivity index (χ0) is 15.1. The normalized spacial score (nSPS) is 16.2. The SMILES string of the molecule is CC(=O)Oc1ccc2c(c1)C(C)=CC(C)(C)N2C(C)=O. The predicted octanol–water partition coefficient (Wildman–Crippen LogP) is 3.16. The summed E-state index contributed by atoms with van der Waals surface area (Å²) in [5.41, 5.74) is 2.46. The largest absolute Gasteiger partial charge is 0.427 e. The molecule has 1 aromatic carbocycles. The minimum absolute atomic E-state index is 0.0137. The third-order valence-electron chi connectivity index (χ3n) is 3.36. The average molecular weight is 273 g/mol. The Morgan fingerprint density at radius 2 is 1.85 bits per heavy atom. The maximum Gasteiger partial charge on any atom is 0.308 e. The molecule has 4 heteroatoms. The van der Waals surface area contributed by atoms with E-state index in [0.717, 1.165) is 16.8 Å². The summed E-state index contributed by atoms with van der Waals surface area (Å²) >= 11 is 0. The molecule has 0 N–H and O–H groups in total. The summed E-state index contributed by atoms with van der Waals surface area (Å²) in [7, 11) is 0. The summed E-state index contributed by atoms with van der Waals surface area (Å²) in [5, 5.41) is 0. The number of nitrogens with zero attached hydrogens (tertiary/aromatic N) is 1. The zero-order valence-electron chi connectivity index (χ0n) is 12.5. The number of ether oxygens (including phenoxy) is 1. The minimum Gasteiger partial charge on any atom is -0.427 e. The van der Waals surface area contributed by atoms with Crippen molar-refractivity contribution in [1.82, 2.24) is 0 Å². The maximum atomic E-state index is 12.0. The topological polar surface area (TPSA) is 46.6 Å². The number of rotatable bonds is 1. The molecule has 0 fully saturated rings. The highest BCUT2D eigenvalue weighted by Crippen LogP contribution is 2.40. The van der Waals surface area contributed by atoms with Gasteiger partial charge in [-0.05, 0) is 44.5 Å². The van der Waals surface area contributed by atoms with Crippen molar-refractivity contribution in [3.05, 3.63) is 29.8 Å². The van der Waals surface area contributed by atoms with E-state index in [1.807, 2.05) is 32.9 Å². The van der Waals surface area contributed by atoms with Gasteiger partial charge >= 0.3 is 5.97 Å². The summed E-state index contributed by atoms with van der Waals surface area (Å²) < 4.78 is 5.11. The van der Waals surface area contributed by atoms with Crippen LogP contribution in [0, 0.1) is 0 Å². The van der Waals surface area contributed by atoms with Crippen LogP contribution in [0.3, 0.4) is 0 Å². The average Bonchev–Trinajstić information content (AvgIpc) is 2.27. The predicted molar refractivity (Wildman–Crippen MR) is 78.6 cm³/mol. The van der Waals surface area contributed by atoms with Crippen molar-refractivity contribution in [2.45, 2.75) is 40.2 Å². The van der Waals surface area contributed by atoms with Crippen molar-refractivity contribution in [1.29, 1.82) is 0 Å². The van der Waals surface area contributed by atoms with Crippen LogP contribution < -0.4 is 9.64 Å². The first kappa shape index (κ1) is 14.3. The zero-order valence-corrected chi connectivity index (χ0v) is 12.5. The van der Waals surface area contributed by atoms with Gasteiger partial charge in [-0.3, -0.25) is 9.59 Å². The summed E-state index contributed by atoms with van der Waals surface area (Å²) in [6.07, 6.45) is 2.05. The molecule has 1 aliphatic rings. The van der Waals surface area contributed by atoms with Crippen molar-refractivity contribution in [2.75, 3.05) is 4.90 Å². The number of amides is 1. The minimum atomic E-state index is -0.369. The van der Waals surface area contributed by atoms with Gasteiger partial charge in [0.25, 0.3) is 0 Å². The molecule has 0 aliphatic carbocycles. The number of anilines is 1. The summed E-state index contributed by atoms with van der Waals surface area (Å²) in [6, 6.07) is 5.34. The Morgan fingerprint density at radius 1 is 1.20 bits per heavy atom. The van der Waals surface area contributed by atoms with Gasteiger partial charge in [0.05, 0.1) is 11.2 Å². The first-order chi connectivity index (χ1) is 9.22. The lowest BCUT2D eigenvalue weighted by Crippen LogP contribution is -2.47. The van der Waals surface area contributed by atoms with Gasteiger partial charge in [0.2, 0.25) is 5.91 Å². The molecule has 1 aliphatic heterocycles. The number of carbonyl (C=O) groups excluding carboxylic acids is 2. The summed E-state index contributed by atoms with van der Waals surface area (Å²) in [5.74, 6) is 0.124. The molecule has 0 bridgehead atoms. The van der Waals surface area contributed by atoms with Crippen molar-refractivity contribution in [3.63, 3.8) is 0 Å². The summed E-state index contributed by atoms with van der Waals surface area (Å²) in [6.45, 7) is 8.92. The lowest BCUT2D eigenvalue weighted by molar-refractivity contribution is -0.131. The second-order valence-electron chi connectivity index (χ2n) is 5.61. The molecule has 1 aromatic rings. The van der Waals surface area contributed by atoms with E-state index in [2.05, 4.69) is 0 Å². The highest BCUT2D eigenvalue weighted by molar-refractivity contribution is 5.99. The van der Waals surface area contributed by atoms with Crippen molar-refractivity contribution >= 4 is 23.1 Å². The van der Waals surface area contributed by atoms with Crippen LogP contribution in [0.15, 0.2) is 24.3 Å². The standard InChI is InChI=1S/C16H19NO3/c1-10-9-16(4,5)17(11(2)18)15-7-6-13(8-14(10)15)20-12(3)19/h6-9H,1-5H3. The molecule has 0 aromatic heterocycles. The van der Waals surface area contributed by atoms with Gasteiger partial charge in [-0.2, -0.15) is 0 Å². The molecule has 0 unspecified atom stereocenters. The molecular formula is C16H19NO3. The number of hydrogen-bond acceptors (Lipinski definition) is 3. The van der Waals surface area contributed by atoms with Crippen molar-refractivity contribution < 1.29 is 14.3 Å². The molecule has 0 saturated heterocycles. The molecule has 1 heterocycles. The van der Waals surface area contributed by atoms with Gasteiger partial charge in [0.1, 0.15) is 5.75 Å². The molecule has 0 atom stereocenters. The van der Waals surface area contributed by atoms with Gasteiger partial charge < -0.3 is 9.64 Å². The summed E-state index contributed by atoms with van der Waals surface area (Å²) in [4.78, 5) is 24.8. The maximum absolute atomic E-state index is 12.0. The van der Waals surface area contributed by atoms with Crippen molar-refractivity contribution in [3.8, 4) is 5.75 Å². The first-order valence-corrected chi connectivity index (χ1v) is 6.55. The Labute approximate surface area is 119 Å². The lowest BCUT2D eigenvalue weighted by Gasteiger charge is -2.41. The smallest absolute Gasteiger partial charge is 0.308 e. The Morgan fingerprint density at radius 3 is 2.40 bits per heavy atom. The van der Waals surface area contributed by atoms with E-state index in [-0.39, 0.29) is 17.4 Å². The highest BCUT2D eigenvalue weighted by Gasteiger charge is 2.34. The van der Waals surface area contributed by atoms with Gasteiger partial charge in [-0.25, -0.2) is 0 Å². The molecule has 0 saturated carbocycles. The number of benzene rings is 1. The second kappa shape index (κ2) is 4.78. The van der Waals surface area contributed by atoms with Crippen LogP contribution in [0.1, 0.15) is 40.2 Å². The van der Waals surface area contributed by atoms with Gasteiger partial charge in [0, 0.05) is 19.4 Å². The fourth-order valence-electron chi connectivity index (χ4n) is 2.81. The molecule has 1 amide bonds. The van der Waals surface area contributed by atoms with E-state index in [4.69, 9.17) is 4.74 Å². The Balaban J connectivity index is 2.57. The number of carbonyl (C=O) groups is 2. The van der Waals surface area contributed by atoms with Gasteiger partial charge in [-0.15, -0.1) is 0 Å². The molecule has 4 nitrogen and oxygen atoms in total. The Kier molecular flexibility index (Phi) is 3.42. The number of allylic oxidation sites excluding steroid dienone is 1. The molecule has 0 spiro atoms. The Hall–Kier alpha value is -2.10. The molecular weight excluding hydrogens is 254 g/mol. The van der Waals surface area contributed by atoms with Crippen LogP contribution >= 0.6 is 0 Å². The van der Waals surface area contributed by atoms with Crippen LogP contribution in [0.5, 0.6) is 5.75 Å². The molecule has 0 radical (unpaired) electrons. The third-order valence-corrected chi connectivity index (χ3v) is 3.36. The molecule has 20 heavy (non-hydrogen) atoms. The Bertz CT molecular complexity index is 614. The third kappa shape index (κ3) is 2.46. The lowest BCUT2D eigenvalue weighted by atomic mass is 9.88. The van der Waals surface area contributed by atoms with Crippen LogP contribution in [0.2, 0.25) is 0 Å². The van der Waals surface area contributed by atoms with Crippen LogP contribution in [0.25, 0.3) is 5.57 Å². The first-order valence-electron chi connectivity index (χ1n) is 6.55. The van der Waals surface area contributed by atoms with Gasteiger partial charge in [-0.1, -0.05) is 6.08 Å². The van der Waals surface area contributed by atoms with E-state index >= 15 is 0 Å². The van der Waals surface area contributed by atoms with E-state index in [1.165, 1.54) is 6.92 Å². The highest BCUT2D eigenvalue weighted by atomic mass is 16.5. The quantitative estimate of drug-likeness (QED) is 0.583. The monoisotopic (exact) mass is 273 g/mol. The number of esters is 1. The van der Waals surface area contributed by atoms with E-state index in [0.29, 0.717) is 5.75 Å². The van der Waals surface area contributed by atoms with Gasteiger partial charge in [0.15, 0.2) is 0 Å². The van der Waals surface area contributed by atoms with E-state index in [1.54, 1.807) is 24.0 Å². The molecule has 106 valence electrons. The van der Waals surface area contributed by atoms with E-state index in [9.17, 15) is 9.59 Å². The number of hydrogen-bond donors (Lipinski definition) is 0. The van der Waals surface area contributed by atoms with Crippen LogP contribution in [-0.2, 0) is 9.59 Å². The fraction of sp³-hybridized carbons (Fsp3) is 0.375. The molecule has 2 rings (SSSR count).